The van der Waals surface area contributed by atoms with Gasteiger partial charge in [0.25, 0.3) is 0 Å². The van der Waals surface area contributed by atoms with Crippen molar-refractivity contribution in [2.75, 3.05) is 31.4 Å². The van der Waals surface area contributed by atoms with Gasteiger partial charge in [-0.05, 0) is 0 Å². The maximum atomic E-state index is 11.1. The molecular formula is C19H31BN5O7P. The zero-order valence-corrected chi connectivity index (χ0v) is 20.3. The Morgan fingerprint density at radius 2 is 2.09 bits per heavy atom. The van der Waals surface area contributed by atoms with Crippen LogP contribution in [0.15, 0.2) is 12.7 Å². The minimum absolute atomic E-state index is 0.189. The summed E-state index contributed by atoms with van der Waals surface area (Å²) in [7, 11) is -1.43. The summed E-state index contributed by atoms with van der Waals surface area (Å²) >= 11 is 0. The van der Waals surface area contributed by atoms with Crippen molar-refractivity contribution < 1.29 is 32.9 Å². The Hall–Kier alpha value is -1.89. The molecule has 0 aromatic carbocycles. The number of carbonyl (C=O) groups excluding carboxylic acids is 1. The monoisotopic (exact) mass is 483 g/mol. The number of esters is 1. The Morgan fingerprint density at radius 1 is 1.33 bits per heavy atom. The molecule has 14 heteroatoms. The molecule has 0 saturated carbocycles. The van der Waals surface area contributed by atoms with Crippen LogP contribution in [0.2, 0.25) is 0 Å². The first-order valence-electron chi connectivity index (χ1n) is 11.2. The summed E-state index contributed by atoms with van der Waals surface area (Å²) in [5, 5.41) is 11.1. The van der Waals surface area contributed by atoms with Crippen molar-refractivity contribution in [1.29, 1.82) is 0 Å². The van der Waals surface area contributed by atoms with Gasteiger partial charge in [0.05, 0.1) is 0 Å². The van der Waals surface area contributed by atoms with E-state index in [9.17, 15) is 9.90 Å². The van der Waals surface area contributed by atoms with E-state index in [0.717, 1.165) is 31.7 Å². The van der Waals surface area contributed by atoms with E-state index in [2.05, 4.69) is 33.7 Å². The molecule has 0 spiro atoms. The number of aliphatic hydroxyl groups excluding tert-OH is 1. The summed E-state index contributed by atoms with van der Waals surface area (Å²) in [5.41, 5.74) is 1.23. The van der Waals surface area contributed by atoms with E-state index in [1.807, 2.05) is 0 Å². The van der Waals surface area contributed by atoms with Crippen molar-refractivity contribution in [2.45, 2.75) is 58.2 Å². The number of hydrogen-bond donors (Lipinski definition) is 1. The predicted octanol–water partition coefficient (Wildman–Crippen LogP) is 0.707. The summed E-state index contributed by atoms with van der Waals surface area (Å²) in [4.78, 5) is 26.6. The zero-order chi connectivity index (χ0) is 23.6. The Balaban J connectivity index is 1.54. The number of rotatable bonds is 9. The van der Waals surface area contributed by atoms with Gasteiger partial charge in [-0.15, -0.1) is 0 Å². The molecule has 2 aromatic rings. The van der Waals surface area contributed by atoms with Gasteiger partial charge in [0, 0.05) is 0 Å². The molecule has 4 rings (SSSR count). The second-order valence-corrected chi connectivity index (χ2v) is 10.8. The summed E-state index contributed by atoms with van der Waals surface area (Å²) in [6.45, 7) is 7.18. The average Bonchev–Trinajstić information content (AvgIpc) is 3.34. The molecule has 2 aliphatic heterocycles. The molecule has 4 atom stereocenters. The van der Waals surface area contributed by atoms with Gasteiger partial charge in [0.15, 0.2) is 0 Å². The Kier molecular flexibility index (Phi) is 7.47. The van der Waals surface area contributed by atoms with Crippen molar-refractivity contribution in [3.05, 3.63) is 12.7 Å². The summed E-state index contributed by atoms with van der Waals surface area (Å²) < 4.78 is 30.0. The molecule has 0 amide bonds. The third-order valence-corrected chi connectivity index (χ3v) is 7.69. The van der Waals surface area contributed by atoms with Gasteiger partial charge in [-0.25, -0.2) is 0 Å². The van der Waals surface area contributed by atoms with Gasteiger partial charge in [-0.3, -0.25) is 0 Å². The van der Waals surface area contributed by atoms with Crippen LogP contribution in [0.25, 0.3) is 11.2 Å². The fraction of sp³-hybridized carbons (Fsp3) is 0.684. The molecule has 4 heterocycles. The van der Waals surface area contributed by atoms with Crippen molar-refractivity contribution >= 4 is 38.3 Å². The second-order valence-electron chi connectivity index (χ2n) is 8.22. The van der Waals surface area contributed by atoms with Gasteiger partial charge in [0.2, 0.25) is 0 Å². The van der Waals surface area contributed by atoms with Gasteiger partial charge in [0.1, 0.15) is 0 Å². The average molecular weight is 483 g/mol. The van der Waals surface area contributed by atoms with Crippen LogP contribution >= 0.6 is 7.82 Å². The quantitative estimate of drug-likeness (QED) is 0.234. The van der Waals surface area contributed by atoms with Crippen molar-refractivity contribution in [2.24, 2.45) is 0 Å². The number of aliphatic hydroxyl groups is 1. The third kappa shape index (κ3) is 4.98. The molecule has 1 N–H and O–H groups in total. The SMILES string of the molecule is B[PH]1(OCOC(C)=O)OC[C@H]2O[C@@H](n3cnc4c(N(CCC)CCC)ncnc43)[C@@H](O)[C@H]2O1. The molecule has 2 fully saturated rings. The fourth-order valence-corrected chi connectivity index (χ4v) is 5.90. The molecule has 2 saturated heterocycles. The van der Waals surface area contributed by atoms with Crippen molar-refractivity contribution in [3.63, 3.8) is 0 Å². The van der Waals surface area contributed by atoms with E-state index in [4.69, 9.17) is 23.0 Å². The molecule has 2 aliphatic rings. The van der Waals surface area contributed by atoms with Crippen LogP contribution in [0.1, 0.15) is 39.8 Å². The zero-order valence-electron chi connectivity index (χ0n) is 19.3. The summed E-state index contributed by atoms with van der Waals surface area (Å²) in [6, 6.07) is 0. The van der Waals surface area contributed by atoms with Gasteiger partial charge < -0.3 is 0 Å². The van der Waals surface area contributed by atoms with Crippen LogP contribution in [-0.2, 0) is 27.8 Å². The molecule has 0 aliphatic carbocycles. The van der Waals surface area contributed by atoms with Crippen LogP contribution in [0.5, 0.6) is 0 Å². The Labute approximate surface area is 193 Å². The topological polar surface area (TPSA) is 130 Å². The van der Waals surface area contributed by atoms with Crippen molar-refractivity contribution in [1.82, 2.24) is 19.5 Å². The predicted molar refractivity (Wildman–Crippen MR) is 123 cm³/mol. The van der Waals surface area contributed by atoms with E-state index >= 15 is 0 Å². The molecule has 0 unspecified atom stereocenters. The standard InChI is InChI=1S/C19H31BN5O7P/c1-4-6-24(7-5-2)17-14-18(22-9-21-17)25(10-23-14)19-15(27)16-13(31-19)8-29-33(20,32-16)30-11-28-12(3)26/h9-10,13,15-16,19,27,33H,4-8,11,20H2,1-3H3/t13-,15+,16+,19-/m1/s1. The first-order valence-corrected chi connectivity index (χ1v) is 13.4. The minimum atomic E-state index is -3.12. The van der Waals surface area contributed by atoms with Crippen LogP contribution < -0.4 is 4.90 Å². The summed E-state index contributed by atoms with van der Waals surface area (Å²) in [5.74, 6) is 0.307. The first kappa shape index (κ1) is 24.2. The maximum absolute atomic E-state index is 11.1. The molecule has 12 nitrogen and oxygen atoms in total. The Bertz CT molecular complexity index is 977. The first-order chi connectivity index (χ1) is 15.9. The van der Waals surface area contributed by atoms with Gasteiger partial charge in [-0.2, -0.15) is 0 Å². The normalized spacial score (nSPS) is 27.3. The molecule has 2 aromatic heterocycles. The number of ether oxygens (including phenoxy) is 2. The molecule has 0 bridgehead atoms. The van der Waals surface area contributed by atoms with Gasteiger partial charge >= 0.3 is 193 Å². The summed E-state index contributed by atoms with van der Waals surface area (Å²) in [6.07, 6.45) is 2.19. The number of carbonyl (C=O) groups is 1. The van der Waals surface area contributed by atoms with Crippen LogP contribution in [-0.4, -0.2) is 83.0 Å². The van der Waals surface area contributed by atoms with Crippen LogP contribution in [0.4, 0.5) is 5.82 Å². The number of hydrogen-bond acceptors (Lipinski definition) is 11. The van der Waals surface area contributed by atoms with E-state index in [1.54, 1.807) is 18.5 Å². The second kappa shape index (κ2) is 10.2. The number of nitrogens with zero attached hydrogens (tertiary/aromatic N) is 5. The third-order valence-electron chi connectivity index (χ3n) is 5.65. The van der Waals surface area contributed by atoms with Crippen molar-refractivity contribution in [3.8, 4) is 0 Å². The van der Waals surface area contributed by atoms with E-state index < -0.39 is 38.3 Å². The van der Waals surface area contributed by atoms with Gasteiger partial charge in [-0.1, -0.05) is 0 Å². The van der Waals surface area contributed by atoms with Crippen LogP contribution in [0.3, 0.4) is 0 Å². The molecule has 0 radical (unpaired) electrons. The fourth-order valence-electron chi connectivity index (χ4n) is 4.16. The number of fused-ring (bicyclic) bond motifs is 2. The van der Waals surface area contributed by atoms with E-state index in [-0.39, 0.29) is 13.4 Å². The molecular weight excluding hydrogens is 452 g/mol. The number of imidazole rings is 1. The Morgan fingerprint density at radius 3 is 2.79 bits per heavy atom. The molecule has 33 heavy (non-hydrogen) atoms. The van der Waals surface area contributed by atoms with Crippen LogP contribution in [0, 0.1) is 0 Å². The number of aromatic nitrogens is 4. The van der Waals surface area contributed by atoms with E-state index in [0.29, 0.717) is 11.2 Å². The van der Waals surface area contributed by atoms with E-state index in [1.165, 1.54) is 13.3 Å². The number of anilines is 1. The molecule has 182 valence electrons.